The van der Waals surface area contributed by atoms with E-state index in [0.29, 0.717) is 0 Å². The van der Waals surface area contributed by atoms with Crippen molar-refractivity contribution in [3.8, 4) is 5.88 Å². The number of nitrogens with zero attached hydrogens (tertiary/aromatic N) is 2. The number of hydrogen-bond donors (Lipinski definition) is 2. The molecule has 1 fully saturated rings. The molecule has 2 heterocycles. The van der Waals surface area contributed by atoms with E-state index in [2.05, 4.69) is 13.8 Å². The van der Waals surface area contributed by atoms with Crippen molar-refractivity contribution < 1.29 is 46.9 Å². The third-order valence-corrected chi connectivity index (χ3v) is 5.29. The van der Waals surface area contributed by atoms with Crippen molar-refractivity contribution in [2.24, 2.45) is 0 Å². The normalized spacial score (nSPS) is 28.4. The largest absolute Gasteiger partial charge is 0.858 e. The van der Waals surface area contributed by atoms with Crippen molar-refractivity contribution >= 4 is 15.7 Å². The number of aryl methyl sites for hydroxylation is 1. The quantitative estimate of drug-likeness (QED) is 0.547. The van der Waals surface area contributed by atoms with Crippen molar-refractivity contribution in [2.45, 2.75) is 31.8 Å². The van der Waals surface area contributed by atoms with Crippen molar-refractivity contribution in [1.29, 1.82) is 0 Å². The van der Waals surface area contributed by atoms with Crippen molar-refractivity contribution in [2.75, 3.05) is 6.61 Å². The van der Waals surface area contributed by atoms with Crippen LogP contribution in [0.4, 0.5) is 4.20 Å². The van der Waals surface area contributed by atoms with Crippen LogP contribution >= 0.6 is 15.7 Å². The van der Waals surface area contributed by atoms with E-state index in [-0.39, 0.29) is 12.0 Å². The molecule has 0 aromatic carbocycles. The summed E-state index contributed by atoms with van der Waals surface area (Å²) in [4.78, 5) is 34.2. The van der Waals surface area contributed by atoms with E-state index in [4.69, 9.17) is 9.63 Å². The number of halogens is 1. The molecule has 0 spiro atoms. The lowest BCUT2D eigenvalue weighted by atomic mass is 10.2. The lowest BCUT2D eigenvalue weighted by molar-refractivity contribution is -0.276. The standard InChI is InChI=1S/C10H15FN2O10P2/c1-5-3-13(10(16)12-9(5)15)8-2-6(14)7(22-8)4-21-25(19,20)23-24(11,17)18/h3,6-8,14H,2,4H2,1H3,(H,17,18)(H,19,20)(H,12,15,16)/p-2/t6-,7+,8+/m0/s1. The molecular weight excluding hydrogens is 389 g/mol. The van der Waals surface area contributed by atoms with Crippen molar-refractivity contribution in [1.82, 2.24) is 9.55 Å². The second kappa shape index (κ2) is 7.22. The highest BCUT2D eigenvalue weighted by atomic mass is 31.3. The molecule has 1 aromatic heterocycles. The minimum atomic E-state index is -6.02. The zero-order valence-electron chi connectivity index (χ0n) is 12.6. The second-order valence-electron chi connectivity index (χ2n) is 5.13. The van der Waals surface area contributed by atoms with Gasteiger partial charge >= 0.3 is 21.4 Å². The van der Waals surface area contributed by atoms with Gasteiger partial charge in [0.05, 0.1) is 12.7 Å². The van der Waals surface area contributed by atoms with Crippen molar-refractivity contribution in [3.63, 3.8) is 0 Å². The number of phosphoric acid groups is 1. The highest BCUT2D eigenvalue weighted by Gasteiger charge is 2.38. The summed E-state index contributed by atoms with van der Waals surface area (Å²) in [6.07, 6.45) is -2.54. The van der Waals surface area contributed by atoms with Crippen LogP contribution in [0.25, 0.3) is 0 Å². The first-order chi connectivity index (χ1) is 11.4. The highest BCUT2D eigenvalue weighted by Crippen LogP contribution is 2.58. The summed E-state index contributed by atoms with van der Waals surface area (Å²) in [7, 11) is -11.3. The molecule has 1 aliphatic rings. The first kappa shape index (κ1) is 20.1. The molecule has 142 valence electrons. The molecule has 2 rings (SSSR count). The number of aliphatic hydroxyl groups is 1. The van der Waals surface area contributed by atoms with Gasteiger partial charge in [0.1, 0.15) is 12.3 Å². The van der Waals surface area contributed by atoms with Gasteiger partial charge in [-0.3, -0.25) is 13.7 Å². The third kappa shape index (κ3) is 5.40. The summed E-state index contributed by atoms with van der Waals surface area (Å²) in [5, 5.41) is 21.1. The molecule has 15 heteroatoms. The minimum absolute atomic E-state index is 0.146. The summed E-state index contributed by atoms with van der Waals surface area (Å²) in [6.45, 7) is 0.584. The van der Waals surface area contributed by atoms with Crippen LogP contribution in [0.1, 0.15) is 18.2 Å². The van der Waals surface area contributed by atoms with Crippen molar-refractivity contribution in [3.05, 3.63) is 22.2 Å². The molecule has 12 nitrogen and oxygen atoms in total. The van der Waals surface area contributed by atoms with E-state index in [1.54, 1.807) is 0 Å². The van der Waals surface area contributed by atoms with Gasteiger partial charge in [0.15, 0.2) is 0 Å². The lowest BCUT2D eigenvalue weighted by Crippen LogP contribution is -2.29. The molecule has 0 saturated carbocycles. The molecule has 25 heavy (non-hydrogen) atoms. The number of aromatic nitrogens is 2. The molecule has 0 radical (unpaired) electrons. The maximum Gasteiger partial charge on any atom is 0.478 e. The second-order valence-corrected chi connectivity index (χ2v) is 7.84. The zero-order valence-corrected chi connectivity index (χ0v) is 14.3. The lowest BCUT2D eigenvalue weighted by Gasteiger charge is -2.20. The molecule has 0 bridgehead atoms. The Morgan fingerprint density at radius 3 is 2.80 bits per heavy atom. The smallest absolute Gasteiger partial charge is 0.478 e. The van der Waals surface area contributed by atoms with Crippen LogP contribution in [0.5, 0.6) is 5.88 Å². The minimum Gasteiger partial charge on any atom is -0.858 e. The summed E-state index contributed by atoms with van der Waals surface area (Å²) in [5.41, 5.74) is -0.768. The summed E-state index contributed by atoms with van der Waals surface area (Å²) < 4.78 is 47.5. The molecule has 1 aliphatic heterocycles. The topological polar surface area (TPSA) is 183 Å². The molecular formula is C10H13FN2O10P2-2. The van der Waals surface area contributed by atoms with E-state index < -0.39 is 52.3 Å². The Bertz CT molecular complexity index is 794. The Balaban J connectivity index is 2.05. The zero-order chi connectivity index (χ0) is 19.0. The predicted molar refractivity (Wildman–Crippen MR) is 72.8 cm³/mol. The number of phosphoric ester groups is 1. The molecule has 2 unspecified atom stereocenters. The number of hydrogen-bond acceptors (Lipinski definition) is 10. The molecule has 1 saturated heterocycles. The van der Waals surface area contributed by atoms with Gasteiger partial charge in [0.2, 0.25) is 0 Å². The molecule has 1 aromatic rings. The fraction of sp³-hybridized carbons (Fsp3) is 0.600. The van der Waals surface area contributed by atoms with E-state index in [1.807, 2.05) is 0 Å². The number of aliphatic hydroxyl groups excluding tert-OH is 1. The predicted octanol–water partition coefficient (Wildman–Crippen LogP) is -1.15. The van der Waals surface area contributed by atoms with Gasteiger partial charge < -0.3 is 24.7 Å². The van der Waals surface area contributed by atoms with Gasteiger partial charge in [-0.15, -0.1) is 0 Å². The van der Waals surface area contributed by atoms with E-state index in [9.17, 15) is 33.2 Å². The van der Waals surface area contributed by atoms with E-state index in [0.717, 1.165) is 4.57 Å². The van der Waals surface area contributed by atoms with Gasteiger partial charge in [-0.25, -0.2) is 18.7 Å². The van der Waals surface area contributed by atoms with Gasteiger partial charge in [-0.1, -0.05) is 0 Å². The molecule has 0 amide bonds. The number of rotatable bonds is 6. The van der Waals surface area contributed by atoms with Gasteiger partial charge in [-0.2, -0.15) is 4.20 Å². The monoisotopic (exact) mass is 402 g/mol. The molecule has 2 N–H and O–H groups in total. The fourth-order valence-electron chi connectivity index (χ4n) is 2.11. The Morgan fingerprint density at radius 2 is 2.20 bits per heavy atom. The van der Waals surface area contributed by atoms with Crippen LogP contribution in [0.2, 0.25) is 0 Å². The average Bonchev–Trinajstić information content (AvgIpc) is 2.79. The van der Waals surface area contributed by atoms with Crippen LogP contribution in [0, 0.1) is 6.92 Å². The maximum absolute atomic E-state index is 12.3. The summed E-state index contributed by atoms with van der Waals surface area (Å²) in [6, 6.07) is 0. The Hall–Kier alpha value is -1.17. The fourth-order valence-corrected chi connectivity index (χ4v) is 3.62. The molecule has 5 atom stereocenters. The van der Waals surface area contributed by atoms with Crippen LogP contribution in [-0.2, 0) is 22.7 Å². The summed E-state index contributed by atoms with van der Waals surface area (Å²) in [5.74, 6) is -0.716. The first-order valence-electron chi connectivity index (χ1n) is 6.67. The maximum atomic E-state index is 12.3. The van der Waals surface area contributed by atoms with E-state index >= 15 is 0 Å². The van der Waals surface area contributed by atoms with Crippen LogP contribution < -0.4 is 15.7 Å². The summed E-state index contributed by atoms with van der Waals surface area (Å²) >= 11 is 0. The Kier molecular flexibility index (Phi) is 5.81. The van der Waals surface area contributed by atoms with Gasteiger partial charge in [0, 0.05) is 12.6 Å². The Labute approximate surface area is 139 Å². The third-order valence-electron chi connectivity index (χ3n) is 3.21. The van der Waals surface area contributed by atoms with Crippen LogP contribution in [0.3, 0.4) is 0 Å². The van der Waals surface area contributed by atoms with E-state index in [1.165, 1.54) is 13.1 Å². The van der Waals surface area contributed by atoms with Crippen LogP contribution in [0.15, 0.2) is 11.0 Å². The highest BCUT2D eigenvalue weighted by molar-refractivity contribution is 7.60. The first-order valence-corrected chi connectivity index (χ1v) is 9.60. The Morgan fingerprint density at radius 1 is 1.56 bits per heavy atom. The van der Waals surface area contributed by atoms with Gasteiger partial charge in [-0.05, 0) is 18.4 Å². The van der Waals surface area contributed by atoms with Gasteiger partial charge in [0.25, 0.3) is 0 Å². The SMILES string of the molecule is Cc1cn([C@H]2C[C@H](O)[C@@H](COP(=O)(O)OP(=O)([O-])F)O2)c(=O)nc1[O-]. The van der Waals surface area contributed by atoms with Crippen LogP contribution in [-0.4, -0.2) is 38.4 Å². The number of ether oxygens (including phenoxy) is 1. The molecule has 0 aliphatic carbocycles. The average molecular weight is 402 g/mol.